The van der Waals surface area contributed by atoms with E-state index < -0.39 is 0 Å². The van der Waals surface area contributed by atoms with Gasteiger partial charge in [-0.1, -0.05) is 30.3 Å². The number of piperidine rings is 1. The molecule has 1 aromatic carbocycles. The molecule has 16 heavy (non-hydrogen) atoms. The van der Waals surface area contributed by atoms with Crippen LogP contribution in [-0.4, -0.2) is 24.6 Å². The van der Waals surface area contributed by atoms with Crippen LogP contribution in [0.1, 0.15) is 24.8 Å². The zero-order valence-electron chi connectivity index (χ0n) is 9.90. The standard InChI is InChI=1S/C14H20N.HI/c1-15(11-6-3-7-12-15)13-10-14-8-4-2-5-9-14;/h2,4-5,8-10,13H,3,6-7,11-12H2,1H3;1H/q+1;/p-1/b13-10+;. The minimum atomic E-state index is 0. The maximum absolute atomic E-state index is 2.36. The third-order valence-corrected chi connectivity index (χ3v) is 3.26. The van der Waals surface area contributed by atoms with Gasteiger partial charge in [0.05, 0.1) is 26.3 Å². The molecule has 1 heterocycles. The number of hydrogen-bond acceptors (Lipinski definition) is 0. The van der Waals surface area contributed by atoms with Crippen LogP contribution in [0.4, 0.5) is 0 Å². The van der Waals surface area contributed by atoms with E-state index in [1.54, 1.807) is 0 Å². The van der Waals surface area contributed by atoms with E-state index >= 15 is 0 Å². The molecule has 0 unspecified atom stereocenters. The van der Waals surface area contributed by atoms with Gasteiger partial charge in [-0.15, -0.1) is 0 Å². The highest BCUT2D eigenvalue weighted by Gasteiger charge is 2.21. The lowest BCUT2D eigenvalue weighted by molar-refractivity contribution is -0.863. The first-order valence-electron chi connectivity index (χ1n) is 5.87. The lowest BCUT2D eigenvalue weighted by Crippen LogP contribution is -3.00. The largest absolute Gasteiger partial charge is 1.00 e. The van der Waals surface area contributed by atoms with E-state index in [0.29, 0.717) is 0 Å². The fourth-order valence-corrected chi connectivity index (χ4v) is 2.21. The molecule has 0 N–H and O–H groups in total. The van der Waals surface area contributed by atoms with Gasteiger partial charge in [-0.05, 0) is 30.9 Å². The van der Waals surface area contributed by atoms with Crippen molar-refractivity contribution in [3.63, 3.8) is 0 Å². The van der Waals surface area contributed by atoms with E-state index in [-0.39, 0.29) is 24.0 Å². The number of likely N-dealkylation sites (tertiary alicyclic amines) is 1. The summed E-state index contributed by atoms with van der Waals surface area (Å²) in [6.07, 6.45) is 8.76. The maximum atomic E-state index is 2.36. The van der Waals surface area contributed by atoms with Gasteiger partial charge in [0, 0.05) is 0 Å². The Morgan fingerprint density at radius 1 is 1.00 bits per heavy atom. The number of hydrogen-bond donors (Lipinski definition) is 0. The number of benzene rings is 1. The molecule has 1 fully saturated rings. The predicted molar refractivity (Wildman–Crippen MR) is 65.2 cm³/mol. The molecular weight excluding hydrogens is 309 g/mol. The Hall–Kier alpha value is -0.350. The van der Waals surface area contributed by atoms with Crippen molar-refractivity contribution >= 4 is 6.08 Å². The van der Waals surface area contributed by atoms with Gasteiger partial charge in [0.1, 0.15) is 0 Å². The molecule has 0 radical (unpaired) electrons. The van der Waals surface area contributed by atoms with Crippen LogP contribution in [0.5, 0.6) is 0 Å². The minimum absolute atomic E-state index is 0. The molecule has 0 aliphatic carbocycles. The van der Waals surface area contributed by atoms with Crippen molar-refractivity contribution in [3.8, 4) is 0 Å². The van der Waals surface area contributed by atoms with Crippen LogP contribution in [0.25, 0.3) is 6.08 Å². The normalized spacial score (nSPS) is 19.3. The molecule has 0 aromatic heterocycles. The van der Waals surface area contributed by atoms with E-state index in [4.69, 9.17) is 0 Å². The number of halogens is 1. The number of rotatable bonds is 2. The smallest absolute Gasteiger partial charge is 0.0962 e. The molecular formula is C14H20IN. The van der Waals surface area contributed by atoms with Crippen LogP contribution in [0.2, 0.25) is 0 Å². The SMILES string of the molecule is C[N+]1(/C=C/c2ccccc2)CCCCC1.[I-]. The molecule has 1 aliphatic heterocycles. The van der Waals surface area contributed by atoms with Crippen molar-refractivity contribution in [1.82, 2.24) is 0 Å². The summed E-state index contributed by atoms with van der Waals surface area (Å²) in [5.41, 5.74) is 1.31. The lowest BCUT2D eigenvalue weighted by atomic mass is 10.1. The van der Waals surface area contributed by atoms with Gasteiger partial charge in [-0.2, -0.15) is 0 Å². The van der Waals surface area contributed by atoms with Crippen LogP contribution in [-0.2, 0) is 0 Å². The Morgan fingerprint density at radius 3 is 2.25 bits per heavy atom. The number of quaternary nitrogens is 1. The first-order chi connectivity index (χ1) is 7.29. The van der Waals surface area contributed by atoms with Gasteiger partial charge in [-0.3, -0.25) is 4.48 Å². The fraction of sp³-hybridized carbons (Fsp3) is 0.429. The average molecular weight is 329 g/mol. The molecule has 1 saturated heterocycles. The molecule has 0 atom stereocenters. The summed E-state index contributed by atoms with van der Waals surface area (Å²) >= 11 is 0. The van der Waals surface area contributed by atoms with E-state index in [1.165, 1.54) is 37.9 Å². The summed E-state index contributed by atoms with van der Waals surface area (Å²) in [7, 11) is 2.33. The summed E-state index contributed by atoms with van der Waals surface area (Å²) in [6, 6.07) is 10.6. The molecule has 2 heteroatoms. The highest BCUT2D eigenvalue weighted by molar-refractivity contribution is 5.47. The van der Waals surface area contributed by atoms with Gasteiger partial charge in [0.25, 0.3) is 0 Å². The summed E-state index contributed by atoms with van der Waals surface area (Å²) in [4.78, 5) is 0. The lowest BCUT2D eigenvalue weighted by Gasteiger charge is -2.33. The molecule has 0 spiro atoms. The van der Waals surface area contributed by atoms with Crippen LogP contribution in [0, 0.1) is 0 Å². The minimum Gasteiger partial charge on any atom is -1.00 e. The molecule has 1 aromatic rings. The van der Waals surface area contributed by atoms with E-state index in [2.05, 4.69) is 49.7 Å². The average Bonchev–Trinajstić information content (AvgIpc) is 2.29. The van der Waals surface area contributed by atoms with Crippen molar-refractivity contribution in [1.29, 1.82) is 0 Å². The molecule has 0 amide bonds. The molecule has 0 saturated carbocycles. The quantitative estimate of drug-likeness (QED) is 0.541. The highest BCUT2D eigenvalue weighted by atomic mass is 127. The zero-order valence-corrected chi connectivity index (χ0v) is 12.1. The predicted octanol–water partition coefficient (Wildman–Crippen LogP) is 0.292. The second kappa shape index (κ2) is 6.40. The highest BCUT2D eigenvalue weighted by Crippen LogP contribution is 2.17. The zero-order chi connectivity index (χ0) is 10.6. The summed E-state index contributed by atoms with van der Waals surface area (Å²) in [5, 5.41) is 0. The maximum Gasteiger partial charge on any atom is 0.0962 e. The second-order valence-corrected chi connectivity index (χ2v) is 4.71. The van der Waals surface area contributed by atoms with Crippen molar-refractivity contribution in [2.24, 2.45) is 0 Å². The van der Waals surface area contributed by atoms with E-state index in [0.717, 1.165) is 4.48 Å². The van der Waals surface area contributed by atoms with Crippen LogP contribution in [0.3, 0.4) is 0 Å². The van der Waals surface area contributed by atoms with Gasteiger partial charge in [0.2, 0.25) is 0 Å². The third kappa shape index (κ3) is 3.91. The van der Waals surface area contributed by atoms with Crippen molar-refractivity contribution in [2.45, 2.75) is 19.3 Å². The molecule has 0 bridgehead atoms. The number of nitrogens with zero attached hydrogens (tertiary/aromatic N) is 1. The Bertz CT molecular complexity index is 326. The van der Waals surface area contributed by atoms with Crippen molar-refractivity contribution < 1.29 is 28.5 Å². The second-order valence-electron chi connectivity index (χ2n) is 4.71. The summed E-state index contributed by atoms with van der Waals surface area (Å²) in [6.45, 7) is 2.59. The first-order valence-corrected chi connectivity index (χ1v) is 5.87. The topological polar surface area (TPSA) is 0 Å². The Morgan fingerprint density at radius 2 is 1.62 bits per heavy atom. The Labute approximate surface area is 116 Å². The third-order valence-electron chi connectivity index (χ3n) is 3.26. The first kappa shape index (κ1) is 13.7. The Balaban J connectivity index is 0.00000128. The fourth-order valence-electron chi connectivity index (χ4n) is 2.21. The van der Waals surface area contributed by atoms with Crippen LogP contribution < -0.4 is 24.0 Å². The molecule has 1 aliphatic rings. The van der Waals surface area contributed by atoms with E-state index in [9.17, 15) is 0 Å². The summed E-state index contributed by atoms with van der Waals surface area (Å²) in [5.74, 6) is 0. The molecule has 2 rings (SSSR count). The van der Waals surface area contributed by atoms with Gasteiger partial charge >= 0.3 is 0 Å². The van der Waals surface area contributed by atoms with Crippen LogP contribution in [0.15, 0.2) is 36.5 Å². The Kier molecular flexibility index (Phi) is 5.49. The van der Waals surface area contributed by atoms with E-state index in [1.807, 2.05) is 0 Å². The van der Waals surface area contributed by atoms with Crippen LogP contribution >= 0.6 is 0 Å². The van der Waals surface area contributed by atoms with Crippen molar-refractivity contribution in [2.75, 3.05) is 20.1 Å². The van der Waals surface area contributed by atoms with Crippen molar-refractivity contribution in [3.05, 3.63) is 42.1 Å². The molecule has 1 nitrogen and oxygen atoms in total. The molecule has 88 valence electrons. The van der Waals surface area contributed by atoms with Gasteiger partial charge in [0.15, 0.2) is 0 Å². The van der Waals surface area contributed by atoms with Gasteiger partial charge in [-0.25, -0.2) is 0 Å². The van der Waals surface area contributed by atoms with Gasteiger partial charge < -0.3 is 24.0 Å². The monoisotopic (exact) mass is 329 g/mol. The summed E-state index contributed by atoms with van der Waals surface area (Å²) < 4.78 is 1.11.